The molecule has 108 valence electrons. The lowest BCUT2D eigenvalue weighted by Crippen LogP contribution is -2.21. The van der Waals surface area contributed by atoms with Gasteiger partial charge in [0.05, 0.1) is 6.61 Å². The molecule has 1 heterocycles. The standard InChI is InChI=1S/C16H22N2O2/c1-2-20-16(19)14-4-3-7-17-15(14)18-10-13-9-11-5-6-12(13)8-11/h3-4,7,11-13H,2,5-6,8-10H2,1H3,(H,17,18). The van der Waals surface area contributed by atoms with Crippen LogP contribution in [0.15, 0.2) is 18.3 Å². The van der Waals surface area contributed by atoms with E-state index >= 15 is 0 Å². The summed E-state index contributed by atoms with van der Waals surface area (Å²) in [6.07, 6.45) is 7.24. The van der Waals surface area contributed by atoms with Crippen LogP contribution in [-0.2, 0) is 4.74 Å². The molecule has 0 radical (unpaired) electrons. The molecule has 2 bridgehead atoms. The van der Waals surface area contributed by atoms with E-state index in [1.165, 1.54) is 25.7 Å². The Bertz CT molecular complexity index is 489. The monoisotopic (exact) mass is 274 g/mol. The molecule has 2 saturated carbocycles. The molecule has 0 aromatic carbocycles. The van der Waals surface area contributed by atoms with Crippen molar-refractivity contribution < 1.29 is 9.53 Å². The highest BCUT2D eigenvalue weighted by Gasteiger charge is 2.39. The zero-order valence-electron chi connectivity index (χ0n) is 12.0. The van der Waals surface area contributed by atoms with Crippen LogP contribution in [0.4, 0.5) is 5.82 Å². The summed E-state index contributed by atoms with van der Waals surface area (Å²) in [5.74, 6) is 2.93. The number of fused-ring (bicyclic) bond motifs is 2. The molecular formula is C16H22N2O2. The summed E-state index contributed by atoms with van der Waals surface area (Å²) in [5, 5.41) is 3.37. The maximum Gasteiger partial charge on any atom is 0.341 e. The maximum atomic E-state index is 11.9. The summed E-state index contributed by atoms with van der Waals surface area (Å²) in [7, 11) is 0. The highest BCUT2D eigenvalue weighted by Crippen LogP contribution is 2.48. The van der Waals surface area contributed by atoms with E-state index in [9.17, 15) is 4.79 Å². The van der Waals surface area contributed by atoms with Gasteiger partial charge in [0.15, 0.2) is 0 Å². The van der Waals surface area contributed by atoms with Gasteiger partial charge in [0, 0.05) is 12.7 Å². The number of hydrogen-bond acceptors (Lipinski definition) is 4. The Morgan fingerprint density at radius 2 is 2.35 bits per heavy atom. The van der Waals surface area contributed by atoms with Crippen molar-refractivity contribution in [1.29, 1.82) is 0 Å². The molecule has 1 aromatic rings. The Morgan fingerprint density at radius 3 is 3.05 bits per heavy atom. The summed E-state index contributed by atoms with van der Waals surface area (Å²) in [4.78, 5) is 16.2. The first-order valence-corrected chi connectivity index (χ1v) is 7.64. The summed E-state index contributed by atoms with van der Waals surface area (Å²) in [5.41, 5.74) is 0.539. The van der Waals surface area contributed by atoms with Gasteiger partial charge in [-0.15, -0.1) is 0 Å². The van der Waals surface area contributed by atoms with Gasteiger partial charge < -0.3 is 10.1 Å². The molecule has 0 saturated heterocycles. The van der Waals surface area contributed by atoms with Crippen molar-refractivity contribution in [1.82, 2.24) is 4.98 Å². The minimum atomic E-state index is -0.295. The van der Waals surface area contributed by atoms with Gasteiger partial charge in [-0.25, -0.2) is 9.78 Å². The number of anilines is 1. The predicted molar refractivity (Wildman–Crippen MR) is 77.6 cm³/mol. The number of nitrogens with one attached hydrogen (secondary N) is 1. The average molecular weight is 274 g/mol. The van der Waals surface area contributed by atoms with Gasteiger partial charge in [0.1, 0.15) is 11.4 Å². The first-order valence-electron chi connectivity index (χ1n) is 7.64. The number of ether oxygens (including phenoxy) is 1. The maximum absolute atomic E-state index is 11.9. The average Bonchev–Trinajstić information content (AvgIpc) is 3.08. The second kappa shape index (κ2) is 5.81. The lowest BCUT2D eigenvalue weighted by Gasteiger charge is -2.22. The number of pyridine rings is 1. The van der Waals surface area contributed by atoms with Gasteiger partial charge in [-0.05, 0) is 56.1 Å². The number of carbonyl (C=O) groups is 1. The molecule has 0 amide bonds. The third-order valence-corrected chi connectivity index (χ3v) is 4.72. The van der Waals surface area contributed by atoms with E-state index in [-0.39, 0.29) is 5.97 Å². The first-order chi connectivity index (χ1) is 9.78. The van der Waals surface area contributed by atoms with Crippen molar-refractivity contribution in [3.8, 4) is 0 Å². The minimum Gasteiger partial charge on any atom is -0.462 e. The van der Waals surface area contributed by atoms with E-state index in [1.807, 2.05) is 6.92 Å². The molecule has 2 fully saturated rings. The summed E-state index contributed by atoms with van der Waals surface area (Å²) in [6, 6.07) is 3.54. The van der Waals surface area contributed by atoms with E-state index in [4.69, 9.17) is 4.74 Å². The fourth-order valence-corrected chi connectivity index (χ4v) is 3.77. The van der Waals surface area contributed by atoms with Crippen LogP contribution < -0.4 is 5.32 Å². The van der Waals surface area contributed by atoms with Gasteiger partial charge in [0.2, 0.25) is 0 Å². The van der Waals surface area contributed by atoms with Gasteiger partial charge in [-0.2, -0.15) is 0 Å². The van der Waals surface area contributed by atoms with Crippen molar-refractivity contribution in [2.45, 2.75) is 32.6 Å². The van der Waals surface area contributed by atoms with Crippen LogP contribution in [0.25, 0.3) is 0 Å². The first kappa shape index (κ1) is 13.4. The van der Waals surface area contributed by atoms with Crippen LogP contribution in [0.5, 0.6) is 0 Å². The number of esters is 1. The second-order valence-corrected chi connectivity index (χ2v) is 5.94. The summed E-state index contributed by atoms with van der Waals surface area (Å²) < 4.78 is 5.07. The largest absolute Gasteiger partial charge is 0.462 e. The van der Waals surface area contributed by atoms with Gasteiger partial charge in [0.25, 0.3) is 0 Å². The van der Waals surface area contributed by atoms with E-state index in [2.05, 4.69) is 10.3 Å². The van der Waals surface area contributed by atoms with E-state index in [0.717, 1.165) is 24.3 Å². The third kappa shape index (κ3) is 2.65. The number of nitrogens with zero attached hydrogens (tertiary/aromatic N) is 1. The molecule has 0 spiro atoms. The highest BCUT2D eigenvalue weighted by molar-refractivity contribution is 5.94. The molecular weight excluding hydrogens is 252 g/mol. The fraction of sp³-hybridized carbons (Fsp3) is 0.625. The van der Waals surface area contributed by atoms with Crippen molar-refractivity contribution in [2.24, 2.45) is 17.8 Å². The van der Waals surface area contributed by atoms with Crippen molar-refractivity contribution in [2.75, 3.05) is 18.5 Å². The topological polar surface area (TPSA) is 51.2 Å². The Balaban J connectivity index is 1.64. The highest BCUT2D eigenvalue weighted by atomic mass is 16.5. The smallest absolute Gasteiger partial charge is 0.341 e. The van der Waals surface area contributed by atoms with Crippen LogP contribution >= 0.6 is 0 Å². The van der Waals surface area contributed by atoms with Crippen LogP contribution in [0.1, 0.15) is 43.0 Å². The van der Waals surface area contributed by atoms with Crippen LogP contribution in [0.2, 0.25) is 0 Å². The Hall–Kier alpha value is -1.58. The second-order valence-electron chi connectivity index (χ2n) is 5.94. The Morgan fingerprint density at radius 1 is 1.45 bits per heavy atom. The van der Waals surface area contributed by atoms with Crippen LogP contribution in [0, 0.1) is 17.8 Å². The van der Waals surface area contributed by atoms with Gasteiger partial charge in [-0.3, -0.25) is 0 Å². The molecule has 2 aliphatic rings. The molecule has 4 nitrogen and oxygen atoms in total. The lowest BCUT2D eigenvalue weighted by atomic mass is 9.89. The van der Waals surface area contributed by atoms with E-state index in [0.29, 0.717) is 18.0 Å². The van der Waals surface area contributed by atoms with Crippen LogP contribution in [0.3, 0.4) is 0 Å². The molecule has 4 heteroatoms. The zero-order chi connectivity index (χ0) is 13.9. The van der Waals surface area contributed by atoms with E-state index in [1.54, 1.807) is 18.3 Å². The van der Waals surface area contributed by atoms with Crippen molar-refractivity contribution in [3.63, 3.8) is 0 Å². The normalized spacial score (nSPS) is 27.6. The summed E-state index contributed by atoms with van der Waals surface area (Å²) in [6.45, 7) is 3.13. The molecule has 20 heavy (non-hydrogen) atoms. The predicted octanol–water partition coefficient (Wildman–Crippen LogP) is 3.11. The number of rotatable bonds is 5. The van der Waals surface area contributed by atoms with Gasteiger partial charge in [-0.1, -0.05) is 6.42 Å². The van der Waals surface area contributed by atoms with Crippen LogP contribution in [-0.4, -0.2) is 24.1 Å². The Labute approximate surface area is 119 Å². The third-order valence-electron chi connectivity index (χ3n) is 4.72. The molecule has 3 rings (SSSR count). The van der Waals surface area contributed by atoms with Crippen molar-refractivity contribution >= 4 is 11.8 Å². The van der Waals surface area contributed by atoms with Gasteiger partial charge >= 0.3 is 5.97 Å². The zero-order valence-corrected chi connectivity index (χ0v) is 12.0. The number of carbonyl (C=O) groups excluding carboxylic acids is 1. The molecule has 2 aliphatic carbocycles. The minimum absolute atomic E-state index is 0.295. The SMILES string of the molecule is CCOC(=O)c1cccnc1NCC1CC2CCC1C2. The molecule has 3 unspecified atom stereocenters. The van der Waals surface area contributed by atoms with Crippen molar-refractivity contribution in [3.05, 3.63) is 23.9 Å². The fourth-order valence-electron chi connectivity index (χ4n) is 3.77. The number of hydrogen-bond donors (Lipinski definition) is 1. The molecule has 1 aromatic heterocycles. The van der Waals surface area contributed by atoms with E-state index < -0.39 is 0 Å². The molecule has 3 atom stereocenters. The Kier molecular flexibility index (Phi) is 3.90. The quantitative estimate of drug-likeness (QED) is 0.838. The molecule has 1 N–H and O–H groups in total. The molecule has 0 aliphatic heterocycles. The number of aromatic nitrogens is 1. The lowest BCUT2D eigenvalue weighted by molar-refractivity contribution is 0.0527. The summed E-state index contributed by atoms with van der Waals surface area (Å²) >= 11 is 0.